The Labute approximate surface area is 226 Å². The third kappa shape index (κ3) is 4.21. The number of imidazole rings is 1. The molecule has 0 bridgehead atoms. The summed E-state index contributed by atoms with van der Waals surface area (Å²) < 4.78 is 46.6. The number of pyridine rings is 1. The number of fused-ring (bicyclic) bond motifs is 3. The normalized spacial score (nSPS) is 17.8. The minimum absolute atomic E-state index is 0.147. The van der Waals surface area contributed by atoms with Crippen LogP contribution in [0.3, 0.4) is 0 Å². The highest BCUT2D eigenvalue weighted by atomic mass is 19.1. The SMILES string of the molecule is C/C(=C1/c2ccc(Cc3c(C4CCOC4)nc4cc(F)ccn34)cc2COc2cc(F)ccc21)c1noc(=O)[nH]1. The molecule has 7 rings (SSSR count). The third-order valence-corrected chi connectivity index (χ3v) is 7.61. The molecule has 10 heteroatoms. The molecule has 0 spiro atoms. The molecule has 0 radical (unpaired) electrons. The van der Waals surface area contributed by atoms with Crippen molar-refractivity contribution in [3.63, 3.8) is 0 Å². The summed E-state index contributed by atoms with van der Waals surface area (Å²) in [6.07, 6.45) is 3.14. The molecule has 2 aromatic carbocycles. The van der Waals surface area contributed by atoms with E-state index in [0.717, 1.165) is 40.1 Å². The van der Waals surface area contributed by atoms with Gasteiger partial charge in [-0.1, -0.05) is 23.4 Å². The van der Waals surface area contributed by atoms with E-state index < -0.39 is 11.6 Å². The second-order valence-electron chi connectivity index (χ2n) is 10.1. The molecule has 5 heterocycles. The van der Waals surface area contributed by atoms with Crippen LogP contribution in [0.5, 0.6) is 5.75 Å². The maximum absolute atomic E-state index is 14.2. The minimum atomic E-state index is -0.661. The smallest absolute Gasteiger partial charge is 0.439 e. The molecule has 5 aromatic rings. The summed E-state index contributed by atoms with van der Waals surface area (Å²) in [7, 11) is 0. The van der Waals surface area contributed by atoms with Gasteiger partial charge in [0, 0.05) is 48.4 Å². The summed E-state index contributed by atoms with van der Waals surface area (Å²) >= 11 is 0. The van der Waals surface area contributed by atoms with E-state index in [9.17, 15) is 13.6 Å². The van der Waals surface area contributed by atoms with E-state index in [4.69, 9.17) is 19.0 Å². The molecule has 1 fully saturated rings. The highest BCUT2D eigenvalue weighted by Gasteiger charge is 2.27. The fraction of sp³-hybridized carbons (Fsp3) is 0.233. The van der Waals surface area contributed by atoms with Crippen molar-refractivity contribution in [2.45, 2.75) is 32.3 Å². The zero-order chi connectivity index (χ0) is 27.4. The summed E-state index contributed by atoms with van der Waals surface area (Å²) in [5, 5.41) is 3.87. The Bertz CT molecular complexity index is 1860. The number of allylic oxidation sites excluding steroid dienone is 1. The summed E-state index contributed by atoms with van der Waals surface area (Å²) in [4.78, 5) is 19.1. The number of halogens is 2. The lowest BCUT2D eigenvalue weighted by molar-refractivity contribution is 0.193. The van der Waals surface area contributed by atoms with Gasteiger partial charge in [0.05, 0.1) is 18.0 Å². The Morgan fingerprint density at radius 1 is 1.10 bits per heavy atom. The average molecular weight is 543 g/mol. The van der Waals surface area contributed by atoms with Crippen LogP contribution >= 0.6 is 0 Å². The molecule has 1 unspecified atom stereocenters. The highest BCUT2D eigenvalue weighted by Crippen LogP contribution is 2.41. The number of nitrogens with one attached hydrogen (secondary N) is 1. The van der Waals surface area contributed by atoms with Gasteiger partial charge in [-0.25, -0.2) is 18.6 Å². The van der Waals surface area contributed by atoms with Crippen molar-refractivity contribution in [2.24, 2.45) is 0 Å². The van der Waals surface area contributed by atoms with Crippen LogP contribution in [-0.4, -0.2) is 32.7 Å². The number of benzene rings is 2. The Balaban J connectivity index is 1.35. The molecule has 202 valence electrons. The van der Waals surface area contributed by atoms with Gasteiger partial charge in [-0.2, -0.15) is 0 Å². The van der Waals surface area contributed by atoms with Crippen molar-refractivity contribution in [2.75, 3.05) is 13.2 Å². The van der Waals surface area contributed by atoms with Crippen molar-refractivity contribution in [3.05, 3.63) is 116 Å². The van der Waals surface area contributed by atoms with Gasteiger partial charge in [0.1, 0.15) is 29.6 Å². The fourth-order valence-electron chi connectivity index (χ4n) is 5.69. The zero-order valence-electron chi connectivity index (χ0n) is 21.5. The van der Waals surface area contributed by atoms with Crippen molar-refractivity contribution in [1.82, 2.24) is 19.5 Å². The van der Waals surface area contributed by atoms with Gasteiger partial charge >= 0.3 is 5.76 Å². The molecule has 1 N–H and O–H groups in total. The summed E-state index contributed by atoms with van der Waals surface area (Å²) in [5.41, 5.74) is 7.34. The van der Waals surface area contributed by atoms with Crippen LogP contribution in [-0.2, 0) is 17.8 Å². The first kappa shape index (κ1) is 24.5. The molecule has 8 nitrogen and oxygen atoms in total. The molecule has 3 aromatic heterocycles. The van der Waals surface area contributed by atoms with Crippen LogP contribution in [0.1, 0.15) is 58.7 Å². The first-order chi connectivity index (χ1) is 19.4. The van der Waals surface area contributed by atoms with Crippen molar-refractivity contribution >= 4 is 16.8 Å². The average Bonchev–Trinajstić information content (AvgIpc) is 3.68. The van der Waals surface area contributed by atoms with E-state index in [-0.39, 0.29) is 24.2 Å². The number of H-pyrrole nitrogens is 1. The van der Waals surface area contributed by atoms with Gasteiger partial charge < -0.3 is 13.9 Å². The standard InChI is InChI=1S/C30H24F2N4O4/c1-16(29-34-30(37)40-35-29)27-22-4-2-17(10-19(22)15-39-25-12-20(31)3-5-23(25)27)11-24-28(18-7-9-38-14-18)33-26-13-21(32)6-8-36(24)26/h2-6,8,10,12-13,18H,7,9,11,14-15H2,1H3,(H,34,35,37)/b27-16+. The number of hydrogen-bond donors (Lipinski definition) is 1. The van der Waals surface area contributed by atoms with E-state index in [0.29, 0.717) is 42.2 Å². The number of rotatable bonds is 4. The van der Waals surface area contributed by atoms with Crippen molar-refractivity contribution < 1.29 is 22.8 Å². The van der Waals surface area contributed by atoms with E-state index in [2.05, 4.69) is 16.2 Å². The van der Waals surface area contributed by atoms with Gasteiger partial charge in [0.25, 0.3) is 0 Å². The Kier molecular flexibility index (Phi) is 5.85. The van der Waals surface area contributed by atoms with E-state index in [1.165, 1.54) is 24.3 Å². The second-order valence-corrected chi connectivity index (χ2v) is 10.1. The number of hydrogen-bond acceptors (Lipinski definition) is 6. The van der Waals surface area contributed by atoms with Crippen molar-refractivity contribution in [1.29, 1.82) is 0 Å². The number of aromatic amines is 1. The summed E-state index contributed by atoms with van der Waals surface area (Å²) in [6, 6.07) is 13.4. The number of aromatic nitrogens is 4. The van der Waals surface area contributed by atoms with Crippen molar-refractivity contribution in [3.8, 4) is 5.75 Å². The van der Waals surface area contributed by atoms with E-state index >= 15 is 0 Å². The van der Waals surface area contributed by atoms with E-state index in [1.54, 1.807) is 12.3 Å². The third-order valence-electron chi connectivity index (χ3n) is 7.61. The molecular formula is C30H24F2N4O4. The van der Waals surface area contributed by atoms with Crippen LogP contribution in [0.2, 0.25) is 0 Å². The highest BCUT2D eigenvalue weighted by molar-refractivity contribution is 5.99. The van der Waals surface area contributed by atoms with Crippen LogP contribution in [0, 0.1) is 11.6 Å². The topological polar surface area (TPSA) is 94.7 Å². The molecule has 0 aliphatic carbocycles. The maximum Gasteiger partial charge on any atom is 0.439 e. The molecule has 1 atom stereocenters. The predicted octanol–water partition coefficient (Wildman–Crippen LogP) is 5.25. The molecule has 40 heavy (non-hydrogen) atoms. The minimum Gasteiger partial charge on any atom is -0.488 e. The Morgan fingerprint density at radius 2 is 1.95 bits per heavy atom. The first-order valence-electron chi connectivity index (χ1n) is 13.0. The summed E-state index contributed by atoms with van der Waals surface area (Å²) in [5.74, 6) is -0.581. The van der Waals surface area contributed by atoms with Gasteiger partial charge in [-0.05, 0) is 53.8 Å². The second kappa shape index (κ2) is 9.56. The number of ether oxygens (including phenoxy) is 2. The Morgan fingerprint density at radius 3 is 2.75 bits per heavy atom. The van der Waals surface area contributed by atoms with Gasteiger partial charge in [-0.3, -0.25) is 9.51 Å². The lowest BCUT2D eigenvalue weighted by Gasteiger charge is -2.15. The molecule has 2 aliphatic rings. The van der Waals surface area contributed by atoms with Crippen LogP contribution < -0.4 is 10.5 Å². The molecule has 0 amide bonds. The first-order valence-corrected chi connectivity index (χ1v) is 13.0. The molecule has 1 saturated heterocycles. The van der Waals surface area contributed by atoms with Gasteiger partial charge in [-0.15, -0.1) is 0 Å². The lowest BCUT2D eigenvalue weighted by Crippen LogP contribution is -2.06. The fourth-order valence-corrected chi connectivity index (χ4v) is 5.69. The quantitative estimate of drug-likeness (QED) is 0.333. The van der Waals surface area contributed by atoms with E-state index in [1.807, 2.05) is 23.5 Å². The molecular weight excluding hydrogens is 518 g/mol. The van der Waals surface area contributed by atoms with Crippen LogP contribution in [0.25, 0.3) is 16.8 Å². The maximum atomic E-state index is 14.2. The van der Waals surface area contributed by atoms with Gasteiger partial charge in [0.2, 0.25) is 0 Å². The van der Waals surface area contributed by atoms with Crippen LogP contribution in [0.4, 0.5) is 8.78 Å². The Hall–Kier alpha value is -4.57. The zero-order valence-corrected chi connectivity index (χ0v) is 21.5. The largest absolute Gasteiger partial charge is 0.488 e. The predicted molar refractivity (Wildman–Crippen MR) is 142 cm³/mol. The van der Waals surface area contributed by atoms with Crippen LogP contribution in [0.15, 0.2) is 64.0 Å². The number of nitrogens with zero attached hydrogens (tertiary/aromatic N) is 3. The molecule has 2 aliphatic heterocycles. The molecule has 0 saturated carbocycles. The lowest BCUT2D eigenvalue weighted by atomic mass is 9.89. The van der Waals surface area contributed by atoms with Gasteiger partial charge in [0.15, 0.2) is 5.82 Å². The summed E-state index contributed by atoms with van der Waals surface area (Å²) in [6.45, 7) is 3.30. The monoisotopic (exact) mass is 542 g/mol.